The minimum absolute atomic E-state index is 0.0562. The SMILES string of the molecule is O=CC1C(c2ccccc2)C(=O)c2ccccc2S1(=O)=O. The fourth-order valence-corrected chi connectivity index (χ4v) is 4.54. The van der Waals surface area contributed by atoms with Crippen LogP contribution in [-0.2, 0) is 14.6 Å². The molecule has 21 heavy (non-hydrogen) atoms. The van der Waals surface area contributed by atoms with Gasteiger partial charge in [0.25, 0.3) is 0 Å². The molecule has 1 aliphatic rings. The summed E-state index contributed by atoms with van der Waals surface area (Å²) in [5.74, 6) is -1.31. The van der Waals surface area contributed by atoms with E-state index in [1.165, 1.54) is 12.1 Å². The number of fused-ring (bicyclic) bond motifs is 1. The maximum absolute atomic E-state index is 12.7. The summed E-state index contributed by atoms with van der Waals surface area (Å²) < 4.78 is 25.2. The average molecular weight is 300 g/mol. The van der Waals surface area contributed by atoms with Crippen LogP contribution in [0.4, 0.5) is 0 Å². The van der Waals surface area contributed by atoms with Gasteiger partial charge < -0.3 is 4.79 Å². The van der Waals surface area contributed by atoms with Crippen LogP contribution in [0.15, 0.2) is 59.5 Å². The van der Waals surface area contributed by atoms with Crippen molar-refractivity contribution >= 4 is 21.9 Å². The Bertz CT molecular complexity index is 809. The molecule has 0 amide bonds. The van der Waals surface area contributed by atoms with Gasteiger partial charge in [0.15, 0.2) is 15.6 Å². The molecule has 0 N–H and O–H groups in total. The smallest absolute Gasteiger partial charge is 0.189 e. The summed E-state index contributed by atoms with van der Waals surface area (Å²) in [5.41, 5.74) is 0.696. The van der Waals surface area contributed by atoms with Crippen molar-refractivity contribution in [2.45, 2.75) is 16.1 Å². The number of rotatable bonds is 2. The minimum Gasteiger partial charge on any atom is -0.302 e. The number of aldehydes is 1. The quantitative estimate of drug-likeness (QED) is 0.796. The van der Waals surface area contributed by atoms with Crippen LogP contribution in [0.2, 0.25) is 0 Å². The third kappa shape index (κ3) is 2.01. The molecule has 0 saturated carbocycles. The Kier molecular flexibility index (Phi) is 3.22. The zero-order valence-electron chi connectivity index (χ0n) is 11.0. The highest BCUT2D eigenvalue weighted by molar-refractivity contribution is 7.93. The number of carbonyl (C=O) groups excluding carboxylic acids is 2. The van der Waals surface area contributed by atoms with Crippen molar-refractivity contribution in [1.82, 2.24) is 0 Å². The van der Waals surface area contributed by atoms with Gasteiger partial charge in [0.2, 0.25) is 0 Å². The summed E-state index contributed by atoms with van der Waals surface area (Å²) in [6.45, 7) is 0. The molecule has 0 aromatic heterocycles. The number of hydrogen-bond donors (Lipinski definition) is 0. The molecule has 3 rings (SSSR count). The summed E-state index contributed by atoms with van der Waals surface area (Å²) in [7, 11) is -3.85. The largest absolute Gasteiger partial charge is 0.302 e. The summed E-state index contributed by atoms with van der Waals surface area (Å²) in [4.78, 5) is 24.0. The van der Waals surface area contributed by atoms with Crippen LogP contribution in [0.25, 0.3) is 0 Å². The van der Waals surface area contributed by atoms with Gasteiger partial charge >= 0.3 is 0 Å². The lowest BCUT2D eigenvalue weighted by molar-refractivity contribution is -0.107. The third-order valence-corrected chi connectivity index (χ3v) is 5.79. The molecule has 2 unspecified atom stereocenters. The van der Waals surface area contributed by atoms with Crippen LogP contribution >= 0.6 is 0 Å². The molecule has 1 heterocycles. The third-order valence-electron chi connectivity index (χ3n) is 3.72. The Morgan fingerprint density at radius 1 is 0.905 bits per heavy atom. The highest BCUT2D eigenvalue weighted by Crippen LogP contribution is 2.37. The second-order valence-electron chi connectivity index (χ2n) is 4.89. The van der Waals surface area contributed by atoms with E-state index in [9.17, 15) is 18.0 Å². The Morgan fingerprint density at radius 3 is 2.19 bits per heavy atom. The molecular weight excluding hydrogens is 288 g/mol. The fourth-order valence-electron chi connectivity index (χ4n) is 2.71. The van der Waals surface area contributed by atoms with E-state index in [1.807, 2.05) is 0 Å². The maximum atomic E-state index is 12.7. The van der Waals surface area contributed by atoms with Crippen LogP contribution in [0.5, 0.6) is 0 Å². The monoisotopic (exact) mass is 300 g/mol. The number of sulfone groups is 1. The first kappa shape index (κ1) is 13.7. The summed E-state index contributed by atoms with van der Waals surface area (Å²) in [6, 6.07) is 14.6. The van der Waals surface area contributed by atoms with Gasteiger partial charge in [0.05, 0.1) is 10.8 Å². The summed E-state index contributed by atoms with van der Waals surface area (Å²) in [5, 5.41) is -1.37. The van der Waals surface area contributed by atoms with E-state index in [-0.39, 0.29) is 16.2 Å². The highest BCUT2D eigenvalue weighted by Gasteiger charge is 2.46. The molecule has 0 aliphatic carbocycles. The molecule has 5 heteroatoms. The van der Waals surface area contributed by atoms with Gasteiger partial charge in [0.1, 0.15) is 11.5 Å². The minimum atomic E-state index is -3.85. The van der Waals surface area contributed by atoms with Crippen molar-refractivity contribution in [3.05, 3.63) is 65.7 Å². The normalized spacial score (nSPS) is 23.3. The van der Waals surface area contributed by atoms with Crippen molar-refractivity contribution < 1.29 is 18.0 Å². The van der Waals surface area contributed by atoms with Gasteiger partial charge in [-0.2, -0.15) is 0 Å². The standard InChI is InChI=1S/C16H12O4S/c17-10-14-15(11-6-2-1-3-7-11)16(18)12-8-4-5-9-13(12)21(14,19)20/h1-10,14-15H. The number of benzene rings is 2. The first-order valence-corrected chi connectivity index (χ1v) is 7.99. The lowest BCUT2D eigenvalue weighted by Gasteiger charge is -2.28. The fraction of sp³-hybridized carbons (Fsp3) is 0.125. The van der Waals surface area contributed by atoms with Crippen LogP contribution < -0.4 is 0 Å². The van der Waals surface area contributed by atoms with Crippen molar-refractivity contribution in [1.29, 1.82) is 0 Å². The Balaban J connectivity index is 2.28. The average Bonchev–Trinajstić information content (AvgIpc) is 2.51. The van der Waals surface area contributed by atoms with Gasteiger partial charge in [-0.15, -0.1) is 0 Å². The van der Waals surface area contributed by atoms with E-state index >= 15 is 0 Å². The first-order chi connectivity index (χ1) is 10.1. The Morgan fingerprint density at radius 2 is 1.52 bits per heavy atom. The van der Waals surface area contributed by atoms with Crippen LogP contribution in [0.1, 0.15) is 21.8 Å². The lowest BCUT2D eigenvalue weighted by Crippen LogP contribution is -2.40. The molecule has 0 saturated heterocycles. The van der Waals surface area contributed by atoms with Crippen molar-refractivity contribution in [2.24, 2.45) is 0 Å². The van der Waals surface area contributed by atoms with Gasteiger partial charge in [-0.25, -0.2) is 8.42 Å². The highest BCUT2D eigenvalue weighted by atomic mass is 32.2. The van der Waals surface area contributed by atoms with E-state index in [0.29, 0.717) is 11.8 Å². The molecule has 2 atom stereocenters. The molecule has 0 radical (unpaired) electrons. The molecule has 0 spiro atoms. The summed E-state index contributed by atoms with van der Waals surface area (Å²) >= 11 is 0. The van der Waals surface area contributed by atoms with E-state index in [1.54, 1.807) is 42.5 Å². The second-order valence-corrected chi connectivity index (χ2v) is 6.97. The number of carbonyl (C=O) groups is 2. The van der Waals surface area contributed by atoms with Crippen molar-refractivity contribution in [3.8, 4) is 0 Å². The van der Waals surface area contributed by atoms with E-state index < -0.39 is 21.0 Å². The van der Waals surface area contributed by atoms with E-state index in [0.717, 1.165) is 0 Å². The molecular formula is C16H12O4S. The maximum Gasteiger partial charge on any atom is 0.189 e. The van der Waals surface area contributed by atoms with E-state index in [2.05, 4.69) is 0 Å². The number of ketones is 1. The van der Waals surface area contributed by atoms with Gasteiger partial charge in [0, 0.05) is 5.56 Å². The topological polar surface area (TPSA) is 68.3 Å². The van der Waals surface area contributed by atoms with Crippen molar-refractivity contribution in [3.63, 3.8) is 0 Å². The zero-order valence-corrected chi connectivity index (χ0v) is 11.8. The predicted octanol–water partition coefficient (Wildman–Crippen LogP) is 2.01. The number of hydrogen-bond acceptors (Lipinski definition) is 4. The first-order valence-electron chi connectivity index (χ1n) is 6.45. The van der Waals surface area contributed by atoms with Gasteiger partial charge in [-0.05, 0) is 11.6 Å². The molecule has 1 aliphatic heterocycles. The van der Waals surface area contributed by atoms with Crippen LogP contribution in [0.3, 0.4) is 0 Å². The molecule has 4 nitrogen and oxygen atoms in total. The predicted molar refractivity (Wildman–Crippen MR) is 77.0 cm³/mol. The Labute approximate surface area is 122 Å². The second kappa shape index (κ2) is 4.93. The zero-order chi connectivity index (χ0) is 15.0. The van der Waals surface area contributed by atoms with Crippen LogP contribution in [-0.4, -0.2) is 25.7 Å². The Hall–Kier alpha value is -2.27. The molecule has 106 valence electrons. The lowest BCUT2D eigenvalue weighted by atomic mass is 9.87. The van der Waals surface area contributed by atoms with E-state index in [4.69, 9.17) is 0 Å². The van der Waals surface area contributed by atoms with Gasteiger partial charge in [-0.3, -0.25) is 4.79 Å². The number of Topliss-reactive ketones (excluding diaryl/α,β-unsaturated/α-hetero) is 1. The van der Waals surface area contributed by atoms with Crippen molar-refractivity contribution in [2.75, 3.05) is 0 Å². The summed E-state index contributed by atoms with van der Waals surface area (Å²) in [6.07, 6.45) is 0.362. The molecule has 0 fully saturated rings. The molecule has 2 aromatic carbocycles. The molecule has 0 bridgehead atoms. The van der Waals surface area contributed by atoms with Gasteiger partial charge in [-0.1, -0.05) is 48.5 Å². The van der Waals surface area contributed by atoms with Crippen LogP contribution in [0, 0.1) is 0 Å². The molecule has 2 aromatic rings.